The van der Waals surface area contributed by atoms with Gasteiger partial charge < -0.3 is 0 Å². The van der Waals surface area contributed by atoms with Crippen LogP contribution in [0.15, 0.2) is 140 Å². The Labute approximate surface area is 287 Å². The fraction of sp³-hybridized carbons (Fsp3) is 0.0667. The zero-order valence-corrected chi connectivity index (χ0v) is 27.6. The monoisotopic (exact) mass is 628 g/mol. The summed E-state index contributed by atoms with van der Waals surface area (Å²) in [6.07, 6.45) is 0. The molecule has 7 rings (SSSR count). The maximum Gasteiger partial charge on any atom is 0.102 e. The predicted octanol–water partition coefficient (Wildman–Crippen LogP) is 11.1. The summed E-state index contributed by atoms with van der Waals surface area (Å²) in [6.45, 7) is 6.17. The minimum Gasteiger partial charge on any atom is -0.246 e. The molecule has 0 spiro atoms. The third-order valence-corrected chi connectivity index (χ3v) is 8.84. The van der Waals surface area contributed by atoms with Crippen LogP contribution >= 0.6 is 0 Å². The summed E-state index contributed by atoms with van der Waals surface area (Å²) in [5, 5.41) is 21.0. The van der Waals surface area contributed by atoms with Crippen molar-refractivity contribution in [2.75, 3.05) is 0 Å². The molecule has 4 nitrogen and oxygen atoms in total. The van der Waals surface area contributed by atoms with Gasteiger partial charge in [0.1, 0.15) is 12.1 Å². The lowest BCUT2D eigenvalue weighted by atomic mass is 9.91. The van der Waals surface area contributed by atoms with E-state index >= 15 is 0 Å². The molecule has 232 valence electrons. The van der Waals surface area contributed by atoms with Crippen molar-refractivity contribution in [1.82, 2.24) is 9.97 Å². The number of pyridine rings is 2. The Bertz CT molecular complexity index is 2380. The van der Waals surface area contributed by atoms with E-state index in [1.165, 1.54) is 11.1 Å². The molecule has 7 aromatic rings. The van der Waals surface area contributed by atoms with Crippen molar-refractivity contribution in [2.45, 2.75) is 20.8 Å². The van der Waals surface area contributed by atoms with E-state index in [0.717, 1.165) is 61.5 Å². The first-order valence-corrected chi connectivity index (χ1v) is 16.2. The molecule has 0 aliphatic heterocycles. The van der Waals surface area contributed by atoms with Crippen LogP contribution in [-0.2, 0) is 0 Å². The normalized spacial score (nSPS) is 10.7. The van der Waals surface area contributed by atoms with Gasteiger partial charge in [-0.25, -0.2) is 9.97 Å². The van der Waals surface area contributed by atoms with E-state index in [-0.39, 0.29) is 0 Å². The van der Waals surface area contributed by atoms with Crippen LogP contribution in [0.2, 0.25) is 0 Å². The van der Waals surface area contributed by atoms with Gasteiger partial charge >= 0.3 is 0 Å². The molecule has 49 heavy (non-hydrogen) atoms. The zero-order chi connectivity index (χ0) is 33.9. The van der Waals surface area contributed by atoms with Gasteiger partial charge in [0, 0.05) is 33.4 Å². The Hall–Kier alpha value is -6.62. The molecule has 2 heterocycles. The molecule has 5 aromatic carbocycles. The molecule has 0 N–H and O–H groups in total. The van der Waals surface area contributed by atoms with E-state index in [1.54, 1.807) is 0 Å². The van der Waals surface area contributed by atoms with E-state index < -0.39 is 0 Å². The zero-order valence-electron chi connectivity index (χ0n) is 27.6. The van der Waals surface area contributed by atoms with Crippen molar-refractivity contribution < 1.29 is 0 Å². The molecule has 0 atom stereocenters. The molecule has 0 saturated heterocycles. The first kappa shape index (κ1) is 31.0. The minimum atomic E-state index is 0.514. The second-order valence-electron chi connectivity index (χ2n) is 12.3. The van der Waals surface area contributed by atoms with Gasteiger partial charge in [0.05, 0.1) is 33.9 Å². The van der Waals surface area contributed by atoms with Crippen LogP contribution in [0, 0.1) is 43.4 Å². The predicted molar refractivity (Wildman–Crippen MR) is 198 cm³/mol. The largest absolute Gasteiger partial charge is 0.246 e. The van der Waals surface area contributed by atoms with E-state index in [4.69, 9.17) is 9.97 Å². The van der Waals surface area contributed by atoms with E-state index in [1.807, 2.05) is 97.9 Å². The molecule has 0 amide bonds. The molecule has 0 aliphatic carbocycles. The fourth-order valence-corrected chi connectivity index (χ4v) is 6.07. The summed E-state index contributed by atoms with van der Waals surface area (Å²) in [7, 11) is 0. The third-order valence-electron chi connectivity index (χ3n) is 8.84. The molecule has 2 aromatic heterocycles. The van der Waals surface area contributed by atoms with Gasteiger partial charge in [0.15, 0.2) is 0 Å². The number of aryl methyl sites for hydroxylation is 3. The highest BCUT2D eigenvalue weighted by molar-refractivity contribution is 5.87. The van der Waals surface area contributed by atoms with Gasteiger partial charge in [-0.15, -0.1) is 0 Å². The Kier molecular flexibility index (Phi) is 8.38. The molecule has 0 bridgehead atoms. The summed E-state index contributed by atoms with van der Waals surface area (Å²) in [5.74, 6) is 0. The van der Waals surface area contributed by atoms with Gasteiger partial charge in [-0.3, -0.25) is 0 Å². The average Bonchev–Trinajstić information content (AvgIpc) is 3.15. The van der Waals surface area contributed by atoms with E-state index in [0.29, 0.717) is 22.5 Å². The number of rotatable bonds is 6. The Balaban J connectivity index is 1.40. The van der Waals surface area contributed by atoms with Crippen LogP contribution in [0.25, 0.3) is 67.3 Å². The standard InChI is InChI=1S/C45H32N4/c1-29-9-15-34(16-10-29)42-25-38(40(27-46)44(48-42)36-7-5-4-6-8-36)32-21-23-33(24-22-32)39-26-43(35-17-11-30(2)12-18-35)49-45(41(39)28-47)37-19-13-31(3)14-20-37/h4-26H,1-3H3. The van der Waals surface area contributed by atoms with Crippen LogP contribution < -0.4 is 0 Å². The maximum atomic E-state index is 10.5. The van der Waals surface area contributed by atoms with Crippen LogP contribution in [-0.4, -0.2) is 9.97 Å². The second kappa shape index (κ2) is 13.2. The second-order valence-corrected chi connectivity index (χ2v) is 12.3. The Morgan fingerprint density at radius 3 is 1.08 bits per heavy atom. The number of hydrogen-bond acceptors (Lipinski definition) is 4. The number of hydrogen-bond donors (Lipinski definition) is 0. The number of nitrogens with zero attached hydrogens (tertiary/aromatic N) is 4. The smallest absolute Gasteiger partial charge is 0.102 e. The SMILES string of the molecule is Cc1ccc(-c2cc(-c3ccc(-c4cc(-c5ccc(C)cc5)nc(-c5ccc(C)cc5)c4C#N)cc3)c(C#N)c(-c3ccccc3)n2)cc1. The van der Waals surface area contributed by atoms with Crippen molar-refractivity contribution in [1.29, 1.82) is 10.5 Å². The summed E-state index contributed by atoms with van der Waals surface area (Å²) < 4.78 is 0. The molecule has 0 fully saturated rings. The summed E-state index contributed by atoms with van der Waals surface area (Å²) in [4.78, 5) is 10.0. The van der Waals surface area contributed by atoms with Crippen molar-refractivity contribution >= 4 is 0 Å². The highest BCUT2D eigenvalue weighted by Crippen LogP contribution is 2.38. The van der Waals surface area contributed by atoms with Crippen LogP contribution in [0.1, 0.15) is 27.8 Å². The average molecular weight is 629 g/mol. The lowest BCUT2D eigenvalue weighted by molar-refractivity contribution is 1.29. The van der Waals surface area contributed by atoms with Crippen molar-refractivity contribution in [3.63, 3.8) is 0 Å². The summed E-state index contributed by atoms with van der Waals surface area (Å²) in [6, 6.07) is 51.6. The van der Waals surface area contributed by atoms with E-state index in [9.17, 15) is 10.5 Å². The van der Waals surface area contributed by atoms with Gasteiger partial charge in [-0.2, -0.15) is 10.5 Å². The van der Waals surface area contributed by atoms with Gasteiger partial charge in [-0.1, -0.05) is 144 Å². The van der Waals surface area contributed by atoms with Crippen LogP contribution in [0.3, 0.4) is 0 Å². The topological polar surface area (TPSA) is 73.4 Å². The Morgan fingerprint density at radius 2 is 0.714 bits per heavy atom. The molecular weight excluding hydrogens is 597 g/mol. The fourth-order valence-electron chi connectivity index (χ4n) is 6.07. The van der Waals surface area contributed by atoms with Crippen molar-refractivity contribution in [3.05, 3.63) is 167 Å². The maximum absolute atomic E-state index is 10.5. The molecule has 0 aliphatic rings. The van der Waals surface area contributed by atoms with E-state index in [2.05, 4.69) is 74.5 Å². The van der Waals surface area contributed by atoms with Crippen molar-refractivity contribution in [3.8, 4) is 79.4 Å². The number of aromatic nitrogens is 2. The first-order valence-electron chi connectivity index (χ1n) is 16.2. The van der Waals surface area contributed by atoms with Gasteiger partial charge in [0.25, 0.3) is 0 Å². The number of benzene rings is 5. The lowest BCUT2D eigenvalue weighted by Gasteiger charge is -2.15. The van der Waals surface area contributed by atoms with Crippen molar-refractivity contribution in [2.24, 2.45) is 0 Å². The minimum absolute atomic E-state index is 0.514. The van der Waals surface area contributed by atoms with Crippen LogP contribution in [0.5, 0.6) is 0 Å². The molecule has 0 unspecified atom stereocenters. The first-order chi connectivity index (χ1) is 23.9. The summed E-state index contributed by atoms with van der Waals surface area (Å²) >= 11 is 0. The molecule has 4 heteroatoms. The Morgan fingerprint density at radius 1 is 0.388 bits per heavy atom. The number of nitriles is 2. The quantitative estimate of drug-likeness (QED) is 0.184. The molecule has 0 saturated carbocycles. The highest BCUT2D eigenvalue weighted by atomic mass is 14.7. The third kappa shape index (κ3) is 6.24. The van der Waals surface area contributed by atoms with Crippen LogP contribution in [0.4, 0.5) is 0 Å². The van der Waals surface area contributed by atoms with Gasteiger partial charge in [0.2, 0.25) is 0 Å². The molecular formula is C45H32N4. The highest BCUT2D eigenvalue weighted by Gasteiger charge is 2.19. The molecule has 0 radical (unpaired) electrons. The lowest BCUT2D eigenvalue weighted by Crippen LogP contribution is -1.98. The summed E-state index contributed by atoms with van der Waals surface area (Å²) in [5.41, 5.74) is 14.5. The van der Waals surface area contributed by atoms with Gasteiger partial charge in [-0.05, 0) is 44.0 Å².